The van der Waals surface area contributed by atoms with Gasteiger partial charge in [0.2, 0.25) is 0 Å². The van der Waals surface area contributed by atoms with Crippen molar-refractivity contribution in [3.63, 3.8) is 0 Å². The van der Waals surface area contributed by atoms with Gasteiger partial charge in [-0.3, -0.25) is 29.1 Å². The van der Waals surface area contributed by atoms with Crippen molar-refractivity contribution >= 4 is 39.9 Å². The van der Waals surface area contributed by atoms with Crippen LogP contribution in [0.1, 0.15) is 60.8 Å². The van der Waals surface area contributed by atoms with Gasteiger partial charge in [0, 0.05) is 53.5 Å². The van der Waals surface area contributed by atoms with Crippen molar-refractivity contribution in [2.75, 3.05) is 5.73 Å². The number of carbonyl (C=O) groups is 4. The van der Waals surface area contributed by atoms with E-state index >= 15 is 0 Å². The Morgan fingerprint density at radius 2 is 1.26 bits per heavy atom. The summed E-state index contributed by atoms with van der Waals surface area (Å²) < 4.78 is 0. The lowest BCUT2D eigenvalue weighted by Crippen LogP contribution is -2.05. The van der Waals surface area contributed by atoms with E-state index in [4.69, 9.17) is 22.4 Å². The summed E-state index contributed by atoms with van der Waals surface area (Å²) in [5.74, 6) is -0.284. The monoisotopic (exact) mass is 547 g/mol. The second-order valence-electron chi connectivity index (χ2n) is 8.09. The van der Waals surface area contributed by atoms with Crippen molar-refractivity contribution in [2.45, 2.75) is 20.3 Å². The van der Waals surface area contributed by atoms with E-state index in [1.165, 1.54) is 56.6 Å². The molecule has 0 saturated heterocycles. The van der Waals surface area contributed by atoms with Crippen LogP contribution in [0, 0.1) is 0 Å². The fourth-order valence-corrected chi connectivity index (χ4v) is 3.11. The SMILES string of the molecule is CC(=O)c1ccc(O)c(CC(=O)c2cccnc2)c1.CC(=O)c1ccc(O)c(N)c1.O=C(Cl)c1cccnc1. The largest absolute Gasteiger partial charge is 0.508 e. The summed E-state index contributed by atoms with van der Waals surface area (Å²) in [6.45, 7) is 2.89. The number of nitrogens with two attached hydrogens (primary N) is 1. The zero-order valence-corrected chi connectivity index (χ0v) is 21.9. The highest BCUT2D eigenvalue weighted by Crippen LogP contribution is 2.21. The van der Waals surface area contributed by atoms with Crippen LogP contribution in [0.25, 0.3) is 0 Å². The number of aromatic hydroxyl groups is 2. The standard InChI is InChI=1S/C15H13NO3.C8H9NO2.C6H4ClNO/c1-10(17)11-4-5-14(18)13(7-11)8-15(19)12-3-2-6-16-9-12;1-5(10)6-2-3-8(11)7(9)4-6;7-6(9)5-2-1-3-8-4-5/h2-7,9,18H,8H2,1H3;2-4,11H,9H2,1H3;1-4H. The molecule has 0 amide bonds. The number of aromatic nitrogens is 2. The molecule has 0 radical (unpaired) electrons. The van der Waals surface area contributed by atoms with E-state index in [2.05, 4.69) is 9.97 Å². The molecule has 2 aromatic heterocycles. The van der Waals surface area contributed by atoms with Crippen LogP contribution in [0.2, 0.25) is 0 Å². The first-order valence-corrected chi connectivity index (χ1v) is 11.8. The Morgan fingerprint density at radius 3 is 1.69 bits per heavy atom. The van der Waals surface area contributed by atoms with E-state index in [-0.39, 0.29) is 41.0 Å². The van der Waals surface area contributed by atoms with Gasteiger partial charge in [-0.15, -0.1) is 0 Å². The Balaban J connectivity index is 0.000000226. The van der Waals surface area contributed by atoms with E-state index < -0.39 is 5.24 Å². The minimum absolute atomic E-state index is 0.00926. The van der Waals surface area contributed by atoms with Crippen LogP contribution in [-0.4, -0.2) is 42.8 Å². The number of Topliss-reactive ketones (excluding diaryl/α,β-unsaturated/α-hetero) is 3. The first-order chi connectivity index (χ1) is 18.5. The molecular formula is C29H26ClN3O6. The first kappa shape index (κ1) is 30.3. The molecule has 4 N–H and O–H groups in total. The summed E-state index contributed by atoms with van der Waals surface area (Å²) in [4.78, 5) is 52.0. The van der Waals surface area contributed by atoms with Crippen molar-refractivity contribution < 1.29 is 29.4 Å². The number of rotatable bonds is 6. The molecule has 9 nitrogen and oxygen atoms in total. The number of pyridine rings is 2. The molecule has 0 aliphatic rings. The molecule has 2 heterocycles. The Bertz CT molecular complexity index is 1460. The van der Waals surface area contributed by atoms with Gasteiger partial charge in [0.15, 0.2) is 17.3 Å². The zero-order valence-electron chi connectivity index (χ0n) is 21.2. The van der Waals surface area contributed by atoms with Gasteiger partial charge >= 0.3 is 0 Å². The number of anilines is 1. The van der Waals surface area contributed by atoms with Crippen LogP contribution in [-0.2, 0) is 6.42 Å². The third-order valence-electron chi connectivity index (χ3n) is 5.14. The molecule has 0 spiro atoms. The van der Waals surface area contributed by atoms with E-state index in [1.54, 1.807) is 42.7 Å². The van der Waals surface area contributed by atoms with Crippen LogP contribution >= 0.6 is 11.6 Å². The van der Waals surface area contributed by atoms with Crippen LogP contribution in [0.3, 0.4) is 0 Å². The third kappa shape index (κ3) is 9.83. The summed E-state index contributed by atoms with van der Waals surface area (Å²) >= 11 is 5.12. The van der Waals surface area contributed by atoms with E-state index in [9.17, 15) is 24.3 Å². The third-order valence-corrected chi connectivity index (χ3v) is 5.36. The molecule has 4 rings (SSSR count). The molecule has 0 atom stereocenters. The predicted octanol–water partition coefficient (Wildman–Crippen LogP) is 5.05. The number of benzene rings is 2. The van der Waals surface area contributed by atoms with Crippen LogP contribution < -0.4 is 5.73 Å². The molecule has 0 aliphatic carbocycles. The van der Waals surface area contributed by atoms with Gasteiger partial charge in [-0.25, -0.2) is 0 Å². The van der Waals surface area contributed by atoms with Gasteiger partial charge < -0.3 is 15.9 Å². The lowest BCUT2D eigenvalue weighted by atomic mass is 10.0. The molecule has 10 heteroatoms. The Labute approximate surface area is 229 Å². The average Bonchev–Trinajstić information content (AvgIpc) is 2.93. The highest BCUT2D eigenvalue weighted by atomic mass is 35.5. The fourth-order valence-electron chi connectivity index (χ4n) is 3.00. The molecule has 0 aliphatic heterocycles. The zero-order chi connectivity index (χ0) is 28.9. The number of nitrogen functional groups attached to an aromatic ring is 1. The summed E-state index contributed by atoms with van der Waals surface area (Å²) in [5, 5.41) is 18.3. The second-order valence-corrected chi connectivity index (χ2v) is 8.43. The minimum atomic E-state index is -0.469. The minimum Gasteiger partial charge on any atom is -0.508 e. The summed E-state index contributed by atoms with van der Waals surface area (Å²) in [5.41, 5.74) is 7.94. The number of phenolic OH excluding ortho intramolecular Hbond substituents is 2. The molecule has 4 aromatic rings. The van der Waals surface area contributed by atoms with E-state index in [1.807, 2.05) is 0 Å². The topological polar surface area (TPSA) is 161 Å². The molecule has 39 heavy (non-hydrogen) atoms. The van der Waals surface area contributed by atoms with E-state index in [0.717, 1.165) is 0 Å². The highest BCUT2D eigenvalue weighted by molar-refractivity contribution is 6.67. The molecule has 0 unspecified atom stereocenters. The van der Waals surface area contributed by atoms with Gasteiger partial charge in [-0.05, 0) is 86.1 Å². The van der Waals surface area contributed by atoms with Crippen LogP contribution in [0.4, 0.5) is 5.69 Å². The lowest BCUT2D eigenvalue weighted by Gasteiger charge is -2.06. The molecular weight excluding hydrogens is 522 g/mol. The Kier molecular flexibility index (Phi) is 11.5. The predicted molar refractivity (Wildman–Crippen MR) is 147 cm³/mol. The molecule has 0 fully saturated rings. The molecule has 200 valence electrons. The first-order valence-electron chi connectivity index (χ1n) is 11.4. The summed E-state index contributed by atoms with van der Waals surface area (Å²) in [6, 6.07) is 15.5. The average molecular weight is 548 g/mol. The van der Waals surface area contributed by atoms with Crippen molar-refractivity contribution in [1.82, 2.24) is 9.97 Å². The summed E-state index contributed by atoms with van der Waals surface area (Å²) in [7, 11) is 0. The smallest absolute Gasteiger partial charge is 0.253 e. The number of ketones is 3. The Hall–Kier alpha value is -4.89. The number of halogens is 1. The highest BCUT2D eigenvalue weighted by Gasteiger charge is 2.12. The second kappa shape index (κ2) is 14.7. The normalized spacial score (nSPS) is 9.72. The maximum absolute atomic E-state index is 12.0. The summed E-state index contributed by atoms with van der Waals surface area (Å²) in [6.07, 6.45) is 6.12. The van der Waals surface area contributed by atoms with Gasteiger partial charge in [-0.2, -0.15) is 0 Å². The number of hydrogen-bond acceptors (Lipinski definition) is 9. The number of nitrogens with zero attached hydrogens (tertiary/aromatic N) is 2. The maximum atomic E-state index is 12.0. The van der Waals surface area contributed by atoms with E-state index in [0.29, 0.717) is 27.8 Å². The quantitative estimate of drug-likeness (QED) is 0.130. The van der Waals surface area contributed by atoms with Gasteiger partial charge in [0.25, 0.3) is 5.24 Å². The lowest BCUT2D eigenvalue weighted by molar-refractivity contribution is 0.0985. The van der Waals surface area contributed by atoms with Gasteiger partial charge in [-0.1, -0.05) is 0 Å². The van der Waals surface area contributed by atoms with Gasteiger partial charge in [0.1, 0.15) is 11.5 Å². The molecule has 0 bridgehead atoms. The maximum Gasteiger partial charge on any atom is 0.253 e. The number of carbonyl (C=O) groups excluding carboxylic acids is 4. The van der Waals surface area contributed by atoms with Gasteiger partial charge in [0.05, 0.1) is 11.3 Å². The van der Waals surface area contributed by atoms with Crippen LogP contribution in [0.15, 0.2) is 85.5 Å². The molecule has 0 saturated carbocycles. The molecule has 2 aromatic carbocycles. The number of hydrogen-bond donors (Lipinski definition) is 3. The van der Waals surface area contributed by atoms with Crippen LogP contribution in [0.5, 0.6) is 11.5 Å². The number of phenols is 2. The van der Waals surface area contributed by atoms with Crippen molar-refractivity contribution in [1.29, 1.82) is 0 Å². The van der Waals surface area contributed by atoms with Crippen molar-refractivity contribution in [3.8, 4) is 11.5 Å². The Morgan fingerprint density at radius 1 is 0.744 bits per heavy atom. The van der Waals surface area contributed by atoms with Crippen molar-refractivity contribution in [3.05, 3.63) is 113 Å². The fraction of sp³-hybridized carbons (Fsp3) is 0.103. The van der Waals surface area contributed by atoms with Crippen molar-refractivity contribution in [2.24, 2.45) is 0 Å².